The fraction of sp³-hybridized carbons (Fsp3) is 0.714. The SMILES string of the molecule is CCC(C)c1nsc(C)n1. The summed E-state index contributed by atoms with van der Waals surface area (Å²) in [5, 5.41) is 1.07. The van der Waals surface area contributed by atoms with Crippen LogP contribution in [0.25, 0.3) is 0 Å². The maximum absolute atomic E-state index is 4.29. The van der Waals surface area contributed by atoms with E-state index in [-0.39, 0.29) is 0 Å². The molecule has 1 atom stereocenters. The van der Waals surface area contributed by atoms with Gasteiger partial charge in [-0.2, -0.15) is 4.37 Å². The van der Waals surface area contributed by atoms with E-state index in [4.69, 9.17) is 0 Å². The van der Waals surface area contributed by atoms with E-state index in [1.807, 2.05) is 6.92 Å². The quantitative estimate of drug-likeness (QED) is 0.657. The largest absolute Gasteiger partial charge is 0.225 e. The zero-order chi connectivity index (χ0) is 7.56. The van der Waals surface area contributed by atoms with Gasteiger partial charge in [-0.25, -0.2) is 4.98 Å². The van der Waals surface area contributed by atoms with Crippen molar-refractivity contribution in [3.8, 4) is 0 Å². The fourth-order valence-corrected chi connectivity index (χ4v) is 1.28. The molecule has 0 saturated heterocycles. The Bertz CT molecular complexity index is 207. The number of aromatic nitrogens is 2. The van der Waals surface area contributed by atoms with Crippen molar-refractivity contribution in [1.82, 2.24) is 9.36 Å². The van der Waals surface area contributed by atoms with Gasteiger partial charge in [-0.05, 0) is 24.9 Å². The molecule has 56 valence electrons. The topological polar surface area (TPSA) is 25.8 Å². The summed E-state index contributed by atoms with van der Waals surface area (Å²) in [6.45, 7) is 6.30. The van der Waals surface area contributed by atoms with Crippen LogP contribution in [0.4, 0.5) is 0 Å². The summed E-state index contributed by atoms with van der Waals surface area (Å²) in [5.41, 5.74) is 0. The van der Waals surface area contributed by atoms with Gasteiger partial charge < -0.3 is 0 Å². The van der Waals surface area contributed by atoms with Crippen LogP contribution in [0.3, 0.4) is 0 Å². The molecule has 0 bridgehead atoms. The Labute approximate surface area is 65.5 Å². The molecule has 1 unspecified atom stereocenters. The van der Waals surface area contributed by atoms with E-state index in [1.54, 1.807) is 0 Å². The van der Waals surface area contributed by atoms with Crippen molar-refractivity contribution in [2.75, 3.05) is 0 Å². The second-order valence-corrected chi connectivity index (χ2v) is 3.44. The van der Waals surface area contributed by atoms with Crippen LogP contribution in [0.5, 0.6) is 0 Å². The lowest BCUT2D eigenvalue weighted by atomic mass is 10.1. The van der Waals surface area contributed by atoms with Gasteiger partial charge in [-0.15, -0.1) is 0 Å². The molecule has 0 N–H and O–H groups in total. The summed E-state index contributed by atoms with van der Waals surface area (Å²) in [7, 11) is 0. The molecule has 0 aliphatic rings. The highest BCUT2D eigenvalue weighted by Crippen LogP contribution is 2.16. The first-order chi connectivity index (χ1) is 4.74. The maximum Gasteiger partial charge on any atom is 0.145 e. The van der Waals surface area contributed by atoms with Gasteiger partial charge in [0.25, 0.3) is 0 Å². The smallest absolute Gasteiger partial charge is 0.145 e. The van der Waals surface area contributed by atoms with Crippen molar-refractivity contribution in [2.24, 2.45) is 0 Å². The van der Waals surface area contributed by atoms with Crippen LogP contribution in [-0.2, 0) is 0 Å². The van der Waals surface area contributed by atoms with Gasteiger partial charge in [0.1, 0.15) is 10.8 Å². The van der Waals surface area contributed by atoms with Crippen LogP contribution >= 0.6 is 11.5 Å². The number of rotatable bonds is 2. The van der Waals surface area contributed by atoms with E-state index in [1.165, 1.54) is 11.5 Å². The predicted octanol–water partition coefficient (Wildman–Crippen LogP) is 2.36. The molecule has 0 aliphatic heterocycles. The monoisotopic (exact) mass is 156 g/mol. The highest BCUT2D eigenvalue weighted by atomic mass is 32.1. The van der Waals surface area contributed by atoms with Gasteiger partial charge >= 0.3 is 0 Å². The normalized spacial score (nSPS) is 13.5. The Hall–Kier alpha value is -0.440. The number of hydrogen-bond donors (Lipinski definition) is 0. The molecule has 0 aromatic carbocycles. The minimum absolute atomic E-state index is 0.518. The third-order valence-corrected chi connectivity index (χ3v) is 2.23. The Kier molecular flexibility index (Phi) is 2.38. The lowest BCUT2D eigenvalue weighted by molar-refractivity contribution is 0.690. The molecule has 0 amide bonds. The van der Waals surface area contributed by atoms with Crippen LogP contribution in [0.2, 0.25) is 0 Å². The second kappa shape index (κ2) is 3.10. The second-order valence-electron chi connectivity index (χ2n) is 2.48. The first-order valence-corrected chi connectivity index (χ1v) is 4.31. The predicted molar refractivity (Wildman–Crippen MR) is 43.4 cm³/mol. The van der Waals surface area contributed by atoms with Crippen LogP contribution in [-0.4, -0.2) is 9.36 Å². The van der Waals surface area contributed by atoms with Crippen LogP contribution in [0.15, 0.2) is 0 Å². The Morgan fingerprint density at radius 3 is 2.70 bits per heavy atom. The molecule has 1 rings (SSSR count). The average molecular weight is 156 g/mol. The molecule has 3 heteroatoms. The number of nitrogens with zero attached hydrogens (tertiary/aromatic N) is 2. The highest BCUT2D eigenvalue weighted by molar-refractivity contribution is 7.05. The standard InChI is InChI=1S/C7H12N2S/c1-4-5(2)7-8-6(3)10-9-7/h5H,4H2,1-3H3. The third-order valence-electron chi connectivity index (χ3n) is 1.60. The average Bonchev–Trinajstić information content (AvgIpc) is 2.34. The molecule has 0 saturated carbocycles. The molecular weight excluding hydrogens is 144 g/mol. The lowest BCUT2D eigenvalue weighted by Gasteiger charge is -1.99. The van der Waals surface area contributed by atoms with Crippen molar-refractivity contribution in [1.29, 1.82) is 0 Å². The summed E-state index contributed by atoms with van der Waals surface area (Å²) in [5.74, 6) is 1.52. The fourth-order valence-electron chi connectivity index (χ4n) is 0.698. The van der Waals surface area contributed by atoms with Gasteiger partial charge in [0, 0.05) is 5.92 Å². The highest BCUT2D eigenvalue weighted by Gasteiger charge is 2.06. The van der Waals surface area contributed by atoms with Crippen LogP contribution in [0.1, 0.15) is 37.0 Å². The van der Waals surface area contributed by atoms with Gasteiger partial charge in [0.15, 0.2) is 0 Å². The molecule has 1 heterocycles. The summed E-state index contributed by atoms with van der Waals surface area (Å²) >= 11 is 1.49. The first-order valence-electron chi connectivity index (χ1n) is 3.54. The molecule has 0 spiro atoms. The summed E-state index contributed by atoms with van der Waals surface area (Å²) in [6.07, 6.45) is 1.12. The summed E-state index contributed by atoms with van der Waals surface area (Å²) in [6, 6.07) is 0. The molecule has 10 heavy (non-hydrogen) atoms. The molecule has 0 aliphatic carbocycles. The van der Waals surface area contributed by atoms with Crippen LogP contribution < -0.4 is 0 Å². The van der Waals surface area contributed by atoms with Gasteiger partial charge in [0.2, 0.25) is 0 Å². The van der Waals surface area contributed by atoms with E-state index in [0.29, 0.717) is 5.92 Å². The van der Waals surface area contributed by atoms with Crippen molar-refractivity contribution in [3.63, 3.8) is 0 Å². The zero-order valence-electron chi connectivity index (χ0n) is 6.59. The maximum atomic E-state index is 4.29. The molecule has 0 radical (unpaired) electrons. The Balaban J connectivity index is 2.74. The van der Waals surface area contributed by atoms with Gasteiger partial charge in [0.05, 0.1) is 0 Å². The molecule has 2 nitrogen and oxygen atoms in total. The van der Waals surface area contributed by atoms with Crippen molar-refractivity contribution < 1.29 is 0 Å². The molecule has 0 fully saturated rings. The van der Waals surface area contributed by atoms with Gasteiger partial charge in [-0.1, -0.05) is 13.8 Å². The summed E-state index contributed by atoms with van der Waals surface area (Å²) < 4.78 is 4.22. The molecule has 1 aromatic rings. The van der Waals surface area contributed by atoms with E-state index in [2.05, 4.69) is 23.2 Å². The van der Waals surface area contributed by atoms with Gasteiger partial charge in [-0.3, -0.25) is 0 Å². The van der Waals surface area contributed by atoms with E-state index >= 15 is 0 Å². The van der Waals surface area contributed by atoms with Crippen molar-refractivity contribution in [2.45, 2.75) is 33.1 Å². The lowest BCUT2D eigenvalue weighted by Crippen LogP contribution is -1.93. The molecule has 1 aromatic heterocycles. The van der Waals surface area contributed by atoms with Crippen molar-refractivity contribution in [3.05, 3.63) is 10.8 Å². The summed E-state index contributed by atoms with van der Waals surface area (Å²) in [4.78, 5) is 4.29. The Morgan fingerprint density at radius 1 is 1.60 bits per heavy atom. The number of hydrogen-bond acceptors (Lipinski definition) is 3. The van der Waals surface area contributed by atoms with E-state index in [9.17, 15) is 0 Å². The minimum Gasteiger partial charge on any atom is -0.225 e. The molecular formula is C7H12N2S. The zero-order valence-corrected chi connectivity index (χ0v) is 7.40. The first kappa shape index (κ1) is 7.66. The van der Waals surface area contributed by atoms with E-state index in [0.717, 1.165) is 17.3 Å². The van der Waals surface area contributed by atoms with Crippen LogP contribution in [0, 0.1) is 6.92 Å². The van der Waals surface area contributed by atoms with E-state index < -0.39 is 0 Å². The van der Waals surface area contributed by atoms with Crippen molar-refractivity contribution >= 4 is 11.5 Å². The minimum atomic E-state index is 0.518. The number of aryl methyl sites for hydroxylation is 1. The third kappa shape index (κ3) is 1.53. The Morgan fingerprint density at radius 2 is 2.30 bits per heavy atom.